The molecule has 0 unspecified atom stereocenters. The van der Waals surface area contributed by atoms with Crippen LogP contribution in [0, 0.1) is 0 Å². The quantitative estimate of drug-likeness (QED) is 0.255. The number of ether oxygens (including phenoxy) is 1. The van der Waals surface area contributed by atoms with E-state index in [0.717, 1.165) is 45.6 Å². The van der Waals surface area contributed by atoms with Crippen LogP contribution in [0.25, 0.3) is 22.2 Å². The van der Waals surface area contributed by atoms with Crippen LogP contribution in [0.15, 0.2) is 95.4 Å². The van der Waals surface area contributed by atoms with E-state index < -0.39 is 0 Å². The van der Waals surface area contributed by atoms with Crippen molar-refractivity contribution < 1.29 is 4.74 Å². The summed E-state index contributed by atoms with van der Waals surface area (Å²) in [5.41, 5.74) is 4.68. The van der Waals surface area contributed by atoms with Gasteiger partial charge in [-0.1, -0.05) is 60.1 Å². The van der Waals surface area contributed by atoms with E-state index in [1.807, 2.05) is 59.6 Å². The van der Waals surface area contributed by atoms with Crippen LogP contribution in [0.3, 0.4) is 0 Å². The highest BCUT2D eigenvalue weighted by atomic mass is 35.5. The van der Waals surface area contributed by atoms with Gasteiger partial charge in [0.15, 0.2) is 0 Å². The molecule has 0 radical (unpaired) electrons. The highest BCUT2D eigenvalue weighted by molar-refractivity contribution is 7.10. The van der Waals surface area contributed by atoms with Gasteiger partial charge in [0, 0.05) is 32.8 Å². The van der Waals surface area contributed by atoms with Gasteiger partial charge in [0.05, 0.1) is 30.1 Å². The normalized spacial score (nSPS) is 15.4. The van der Waals surface area contributed by atoms with Crippen molar-refractivity contribution in [3.05, 3.63) is 106 Å². The third-order valence-electron chi connectivity index (χ3n) is 6.08. The van der Waals surface area contributed by atoms with E-state index in [2.05, 4.69) is 35.7 Å². The number of halogens is 1. The maximum absolute atomic E-state index is 6.35. The number of aromatic nitrogens is 2. The zero-order valence-corrected chi connectivity index (χ0v) is 20.5. The Kier molecular flexibility index (Phi) is 5.68. The molecular formula is C28H21ClN4OS. The molecule has 3 aromatic carbocycles. The van der Waals surface area contributed by atoms with Gasteiger partial charge in [-0.3, -0.25) is 0 Å². The van der Waals surface area contributed by atoms with Crippen molar-refractivity contribution in [2.45, 2.75) is 12.5 Å². The zero-order chi connectivity index (χ0) is 23.8. The molecule has 1 atom stereocenters. The topological polar surface area (TPSA) is 50.6 Å². The maximum atomic E-state index is 6.35. The Labute approximate surface area is 212 Å². The summed E-state index contributed by atoms with van der Waals surface area (Å²) in [5, 5.41) is 10.7. The van der Waals surface area contributed by atoms with Crippen molar-refractivity contribution >= 4 is 45.5 Å². The summed E-state index contributed by atoms with van der Waals surface area (Å²) in [6.07, 6.45) is 0.746. The lowest BCUT2D eigenvalue weighted by Crippen LogP contribution is -2.20. The first-order valence-electron chi connectivity index (χ1n) is 11.3. The predicted molar refractivity (Wildman–Crippen MR) is 144 cm³/mol. The first-order chi connectivity index (χ1) is 17.2. The average Bonchev–Trinajstić information content (AvgIpc) is 3.59. The van der Waals surface area contributed by atoms with Gasteiger partial charge in [0.25, 0.3) is 0 Å². The summed E-state index contributed by atoms with van der Waals surface area (Å²) in [6.45, 7) is 0. The van der Waals surface area contributed by atoms with Crippen molar-refractivity contribution in [1.82, 2.24) is 9.97 Å². The lowest BCUT2D eigenvalue weighted by atomic mass is 10.0. The van der Waals surface area contributed by atoms with Crippen molar-refractivity contribution in [3.8, 4) is 17.0 Å². The zero-order valence-electron chi connectivity index (χ0n) is 18.9. The number of hydrogen-bond acceptors (Lipinski definition) is 6. The molecule has 0 bridgehead atoms. The minimum atomic E-state index is 0.00424. The molecule has 1 aliphatic heterocycles. The van der Waals surface area contributed by atoms with Crippen LogP contribution in [-0.4, -0.2) is 22.8 Å². The Balaban J connectivity index is 1.53. The Hall–Kier alpha value is -3.74. The molecule has 6 rings (SSSR count). The number of fused-ring (bicyclic) bond motifs is 1. The first kappa shape index (κ1) is 21.8. The molecule has 0 N–H and O–H groups in total. The molecule has 0 saturated carbocycles. The molecule has 2 aromatic heterocycles. The monoisotopic (exact) mass is 496 g/mol. The second-order valence-corrected chi connectivity index (χ2v) is 9.67. The Morgan fingerprint density at radius 3 is 2.57 bits per heavy atom. The van der Waals surface area contributed by atoms with Gasteiger partial charge in [-0.2, -0.15) is 5.10 Å². The molecule has 5 nitrogen and oxygen atoms in total. The Bertz CT molecular complexity index is 1540. The van der Waals surface area contributed by atoms with Crippen LogP contribution in [0.1, 0.15) is 22.9 Å². The molecule has 0 spiro atoms. The van der Waals surface area contributed by atoms with Crippen molar-refractivity contribution in [2.24, 2.45) is 5.10 Å². The third-order valence-corrected chi connectivity index (χ3v) is 7.29. The van der Waals surface area contributed by atoms with Crippen LogP contribution in [0.4, 0.5) is 5.95 Å². The second kappa shape index (κ2) is 9.13. The van der Waals surface area contributed by atoms with E-state index in [4.69, 9.17) is 31.4 Å². The second-order valence-electron chi connectivity index (χ2n) is 8.26. The van der Waals surface area contributed by atoms with E-state index in [1.54, 1.807) is 18.4 Å². The lowest BCUT2D eigenvalue weighted by molar-refractivity contribution is 0.414. The van der Waals surface area contributed by atoms with Crippen LogP contribution < -0.4 is 9.75 Å². The number of nitrogens with zero attached hydrogens (tertiary/aromatic N) is 4. The molecule has 0 saturated heterocycles. The fourth-order valence-corrected chi connectivity index (χ4v) is 5.37. The number of benzene rings is 3. The summed E-state index contributed by atoms with van der Waals surface area (Å²) in [6, 6.07) is 28.1. The number of thiophene rings is 1. The molecule has 0 amide bonds. The fraction of sp³-hybridized carbons (Fsp3) is 0.107. The molecule has 172 valence electrons. The van der Waals surface area contributed by atoms with Gasteiger partial charge < -0.3 is 4.74 Å². The SMILES string of the molecule is COc1cccc(C2=NN(c3nc(-c4ccccc4)c4cc(Cl)ccc4n3)[C@H](c3cccs3)C2)c1. The van der Waals surface area contributed by atoms with E-state index >= 15 is 0 Å². The summed E-state index contributed by atoms with van der Waals surface area (Å²) in [7, 11) is 1.68. The van der Waals surface area contributed by atoms with Crippen LogP contribution in [0.2, 0.25) is 5.02 Å². The van der Waals surface area contributed by atoms with Crippen molar-refractivity contribution in [1.29, 1.82) is 0 Å². The predicted octanol–water partition coefficient (Wildman–Crippen LogP) is 7.38. The number of rotatable bonds is 5. The maximum Gasteiger partial charge on any atom is 0.247 e. The molecular weight excluding hydrogens is 476 g/mol. The van der Waals surface area contributed by atoms with E-state index in [1.165, 1.54) is 4.88 Å². The summed E-state index contributed by atoms with van der Waals surface area (Å²) >= 11 is 8.07. The van der Waals surface area contributed by atoms with Gasteiger partial charge in [-0.25, -0.2) is 15.0 Å². The lowest BCUT2D eigenvalue weighted by Gasteiger charge is -2.21. The standard InChI is InChI=1S/C28H21ClN4OS/c1-34-21-10-5-9-19(15-21)24-17-25(26-11-6-14-35-26)33(32-24)28-30-23-13-12-20(29)16-22(23)27(31-28)18-7-3-2-4-8-18/h2-16,25H,17H2,1H3/t25-/m0/s1. The summed E-state index contributed by atoms with van der Waals surface area (Å²) in [5.74, 6) is 1.37. The van der Waals surface area contributed by atoms with E-state index in [0.29, 0.717) is 11.0 Å². The minimum Gasteiger partial charge on any atom is -0.497 e. The van der Waals surface area contributed by atoms with Gasteiger partial charge in [0.2, 0.25) is 5.95 Å². The Morgan fingerprint density at radius 2 is 1.77 bits per heavy atom. The van der Waals surface area contributed by atoms with Gasteiger partial charge >= 0.3 is 0 Å². The molecule has 3 heterocycles. The molecule has 5 aromatic rings. The van der Waals surface area contributed by atoms with Gasteiger partial charge in [0.1, 0.15) is 5.75 Å². The number of hydrogen-bond donors (Lipinski definition) is 0. The Morgan fingerprint density at radius 1 is 0.914 bits per heavy atom. The largest absolute Gasteiger partial charge is 0.497 e. The molecule has 0 fully saturated rings. The van der Waals surface area contributed by atoms with E-state index in [-0.39, 0.29) is 6.04 Å². The van der Waals surface area contributed by atoms with Crippen molar-refractivity contribution in [3.63, 3.8) is 0 Å². The minimum absolute atomic E-state index is 0.00424. The highest BCUT2D eigenvalue weighted by Gasteiger charge is 2.33. The van der Waals surface area contributed by atoms with Crippen LogP contribution in [0.5, 0.6) is 5.75 Å². The molecule has 7 heteroatoms. The van der Waals surface area contributed by atoms with Crippen molar-refractivity contribution in [2.75, 3.05) is 12.1 Å². The van der Waals surface area contributed by atoms with Gasteiger partial charge in [-0.15, -0.1) is 11.3 Å². The van der Waals surface area contributed by atoms with Crippen LogP contribution >= 0.6 is 22.9 Å². The number of hydrazone groups is 1. The third kappa shape index (κ3) is 4.16. The smallest absolute Gasteiger partial charge is 0.247 e. The molecule has 1 aliphatic rings. The molecule has 35 heavy (non-hydrogen) atoms. The number of methoxy groups -OCH3 is 1. The summed E-state index contributed by atoms with van der Waals surface area (Å²) < 4.78 is 5.45. The first-order valence-corrected chi connectivity index (χ1v) is 12.5. The molecule has 0 aliphatic carbocycles. The summed E-state index contributed by atoms with van der Waals surface area (Å²) in [4.78, 5) is 11.2. The van der Waals surface area contributed by atoms with Gasteiger partial charge in [-0.05, 0) is 41.8 Å². The van der Waals surface area contributed by atoms with Crippen LogP contribution in [-0.2, 0) is 0 Å². The average molecular weight is 497 g/mol. The highest BCUT2D eigenvalue weighted by Crippen LogP contribution is 2.39. The number of anilines is 1. The fourth-order valence-electron chi connectivity index (χ4n) is 4.38. The van der Waals surface area contributed by atoms with E-state index in [9.17, 15) is 0 Å².